The molecular formula is C16H11BrCl2N2. The molecule has 2 heterocycles. The third kappa shape index (κ3) is 2.86. The van der Waals surface area contributed by atoms with Crippen molar-refractivity contribution in [2.75, 3.05) is 0 Å². The zero-order valence-electron chi connectivity index (χ0n) is 11.1. The summed E-state index contributed by atoms with van der Waals surface area (Å²) in [5.74, 6) is 0. The molecule has 0 amide bonds. The third-order valence-electron chi connectivity index (χ3n) is 3.18. The van der Waals surface area contributed by atoms with Gasteiger partial charge in [0.05, 0.1) is 11.4 Å². The molecule has 2 nitrogen and oxygen atoms in total. The topological polar surface area (TPSA) is 28.7 Å². The number of H-pyrrole nitrogens is 1. The average Bonchev–Trinajstić information content (AvgIpc) is 2.75. The summed E-state index contributed by atoms with van der Waals surface area (Å²) in [7, 11) is 0. The Kier molecular flexibility index (Phi) is 4.07. The van der Waals surface area contributed by atoms with Gasteiger partial charge in [0.1, 0.15) is 0 Å². The molecule has 2 aromatic heterocycles. The molecule has 0 radical (unpaired) electrons. The predicted molar refractivity (Wildman–Crippen MR) is 91.9 cm³/mol. The maximum Gasteiger partial charge on any atom is 0.0735 e. The number of aryl methyl sites for hydroxylation is 1. The van der Waals surface area contributed by atoms with E-state index in [0.717, 1.165) is 32.7 Å². The third-order valence-corrected chi connectivity index (χ3v) is 4.61. The van der Waals surface area contributed by atoms with Crippen molar-refractivity contribution >= 4 is 39.1 Å². The van der Waals surface area contributed by atoms with Crippen LogP contribution in [0.2, 0.25) is 10.0 Å². The minimum Gasteiger partial charge on any atom is -0.357 e. The Morgan fingerprint density at radius 2 is 1.81 bits per heavy atom. The standard InChI is InChI=1S/C16H11BrCl2N2/c1-9-15(17)14(13-4-2-3-5-20-13)16(21-9)10-6-11(18)8-12(19)7-10/h2-8,21H,1H3. The normalized spacial score (nSPS) is 10.9. The molecule has 1 N–H and O–H groups in total. The van der Waals surface area contributed by atoms with Crippen LogP contribution in [0.25, 0.3) is 22.5 Å². The minimum atomic E-state index is 0.604. The summed E-state index contributed by atoms with van der Waals surface area (Å²) in [6, 6.07) is 11.3. The van der Waals surface area contributed by atoms with Crippen LogP contribution < -0.4 is 0 Å². The highest BCUT2D eigenvalue weighted by Gasteiger charge is 2.17. The number of nitrogens with one attached hydrogen (secondary N) is 1. The molecule has 0 bridgehead atoms. The summed E-state index contributed by atoms with van der Waals surface area (Å²) in [5, 5.41) is 1.21. The maximum absolute atomic E-state index is 6.12. The van der Waals surface area contributed by atoms with Crippen LogP contribution in [0.4, 0.5) is 0 Å². The molecule has 0 aliphatic heterocycles. The van der Waals surface area contributed by atoms with E-state index in [1.165, 1.54) is 0 Å². The van der Waals surface area contributed by atoms with Crippen molar-refractivity contribution in [2.24, 2.45) is 0 Å². The molecule has 106 valence electrons. The number of rotatable bonds is 2. The Morgan fingerprint density at radius 3 is 2.43 bits per heavy atom. The molecule has 0 saturated heterocycles. The van der Waals surface area contributed by atoms with E-state index in [9.17, 15) is 0 Å². The molecule has 3 rings (SSSR count). The molecule has 0 unspecified atom stereocenters. The summed E-state index contributed by atoms with van der Waals surface area (Å²) in [5.41, 5.74) is 4.80. The number of hydrogen-bond donors (Lipinski definition) is 1. The summed E-state index contributed by atoms with van der Waals surface area (Å²) in [6.07, 6.45) is 1.78. The molecule has 5 heteroatoms. The molecule has 0 atom stereocenters. The highest BCUT2D eigenvalue weighted by atomic mass is 79.9. The second-order valence-corrected chi connectivity index (χ2v) is 6.35. The van der Waals surface area contributed by atoms with Crippen molar-refractivity contribution in [3.8, 4) is 22.5 Å². The predicted octanol–water partition coefficient (Wildman–Crippen LogP) is 6.12. The maximum atomic E-state index is 6.12. The highest BCUT2D eigenvalue weighted by Crippen LogP contribution is 2.40. The first kappa shape index (κ1) is 14.6. The number of pyridine rings is 1. The first-order chi connectivity index (χ1) is 10.1. The second kappa shape index (κ2) is 5.84. The van der Waals surface area contributed by atoms with E-state index in [1.807, 2.05) is 37.3 Å². The van der Waals surface area contributed by atoms with Crippen molar-refractivity contribution < 1.29 is 0 Å². The summed E-state index contributed by atoms with van der Waals surface area (Å²) in [4.78, 5) is 7.82. The summed E-state index contributed by atoms with van der Waals surface area (Å²) in [6.45, 7) is 2.01. The van der Waals surface area contributed by atoms with Gasteiger partial charge >= 0.3 is 0 Å². The van der Waals surface area contributed by atoms with Gasteiger partial charge in [-0.25, -0.2) is 0 Å². The largest absolute Gasteiger partial charge is 0.357 e. The van der Waals surface area contributed by atoms with Crippen LogP contribution in [0.3, 0.4) is 0 Å². The Hall–Kier alpha value is -1.29. The second-order valence-electron chi connectivity index (χ2n) is 4.69. The summed E-state index contributed by atoms with van der Waals surface area (Å²) < 4.78 is 0.993. The van der Waals surface area contributed by atoms with Gasteiger partial charge in [0.2, 0.25) is 0 Å². The van der Waals surface area contributed by atoms with Crippen molar-refractivity contribution in [3.63, 3.8) is 0 Å². The monoisotopic (exact) mass is 380 g/mol. The lowest BCUT2D eigenvalue weighted by Gasteiger charge is -2.06. The van der Waals surface area contributed by atoms with E-state index in [-0.39, 0.29) is 0 Å². The molecule has 0 spiro atoms. The lowest BCUT2D eigenvalue weighted by atomic mass is 10.1. The van der Waals surface area contributed by atoms with Crippen molar-refractivity contribution in [3.05, 3.63) is 62.8 Å². The van der Waals surface area contributed by atoms with Crippen LogP contribution in [0, 0.1) is 6.92 Å². The Labute approximate surface area is 141 Å². The number of halogens is 3. The lowest BCUT2D eigenvalue weighted by molar-refractivity contribution is 1.25. The Morgan fingerprint density at radius 1 is 1.10 bits per heavy atom. The highest BCUT2D eigenvalue weighted by molar-refractivity contribution is 9.10. The molecular weight excluding hydrogens is 371 g/mol. The molecule has 0 aliphatic rings. The Bertz CT molecular complexity index is 777. The van der Waals surface area contributed by atoms with Gasteiger partial charge in [-0.15, -0.1) is 0 Å². The van der Waals surface area contributed by atoms with Crippen LogP contribution in [0.1, 0.15) is 5.69 Å². The Balaban J connectivity index is 2.26. The van der Waals surface area contributed by atoms with E-state index in [2.05, 4.69) is 25.9 Å². The van der Waals surface area contributed by atoms with Gasteiger partial charge in [-0.3, -0.25) is 4.98 Å². The van der Waals surface area contributed by atoms with E-state index < -0.39 is 0 Å². The number of aromatic amines is 1. The fourth-order valence-corrected chi connectivity index (χ4v) is 3.29. The van der Waals surface area contributed by atoms with Crippen LogP contribution in [0.5, 0.6) is 0 Å². The van der Waals surface area contributed by atoms with Crippen molar-refractivity contribution in [1.29, 1.82) is 0 Å². The molecule has 21 heavy (non-hydrogen) atoms. The van der Waals surface area contributed by atoms with Gasteiger partial charge in [0.25, 0.3) is 0 Å². The van der Waals surface area contributed by atoms with Crippen LogP contribution in [-0.2, 0) is 0 Å². The summed E-state index contributed by atoms with van der Waals surface area (Å²) >= 11 is 15.9. The van der Waals surface area contributed by atoms with E-state index in [4.69, 9.17) is 23.2 Å². The van der Waals surface area contributed by atoms with E-state index in [1.54, 1.807) is 12.3 Å². The van der Waals surface area contributed by atoms with Crippen LogP contribution in [0.15, 0.2) is 47.1 Å². The molecule has 0 fully saturated rings. The number of aromatic nitrogens is 2. The number of nitrogens with zero attached hydrogens (tertiary/aromatic N) is 1. The fraction of sp³-hybridized carbons (Fsp3) is 0.0625. The van der Waals surface area contributed by atoms with Gasteiger partial charge in [-0.1, -0.05) is 29.3 Å². The molecule has 0 aliphatic carbocycles. The lowest BCUT2D eigenvalue weighted by Crippen LogP contribution is -1.86. The molecule has 0 saturated carbocycles. The first-order valence-electron chi connectivity index (χ1n) is 6.32. The van der Waals surface area contributed by atoms with Gasteiger partial charge < -0.3 is 4.98 Å². The van der Waals surface area contributed by atoms with Gasteiger partial charge in [-0.2, -0.15) is 0 Å². The average molecular weight is 382 g/mol. The van der Waals surface area contributed by atoms with Crippen molar-refractivity contribution in [1.82, 2.24) is 9.97 Å². The van der Waals surface area contributed by atoms with Gasteiger partial charge in [-0.05, 0) is 53.2 Å². The van der Waals surface area contributed by atoms with E-state index in [0.29, 0.717) is 10.0 Å². The zero-order valence-corrected chi connectivity index (χ0v) is 14.2. The first-order valence-corrected chi connectivity index (χ1v) is 7.87. The van der Waals surface area contributed by atoms with Gasteiger partial charge in [0, 0.05) is 37.5 Å². The molecule has 3 aromatic rings. The van der Waals surface area contributed by atoms with Crippen LogP contribution in [-0.4, -0.2) is 9.97 Å². The number of benzene rings is 1. The fourth-order valence-electron chi connectivity index (χ4n) is 2.27. The minimum absolute atomic E-state index is 0.604. The van der Waals surface area contributed by atoms with Crippen molar-refractivity contribution in [2.45, 2.75) is 6.92 Å². The zero-order chi connectivity index (χ0) is 15.0. The number of hydrogen-bond acceptors (Lipinski definition) is 1. The SMILES string of the molecule is Cc1[nH]c(-c2cc(Cl)cc(Cl)c2)c(-c2ccccn2)c1Br. The van der Waals surface area contributed by atoms with Gasteiger partial charge in [0.15, 0.2) is 0 Å². The van der Waals surface area contributed by atoms with E-state index >= 15 is 0 Å². The molecule has 1 aromatic carbocycles. The quantitative estimate of drug-likeness (QED) is 0.568. The van der Waals surface area contributed by atoms with Crippen LogP contribution >= 0.6 is 39.1 Å². The smallest absolute Gasteiger partial charge is 0.0735 e.